The molecule has 0 heterocycles. The minimum Gasteiger partial charge on any atom is -0.385 e. The van der Waals surface area contributed by atoms with Crippen LogP contribution in [0.3, 0.4) is 0 Å². The van der Waals surface area contributed by atoms with Crippen LogP contribution < -0.4 is 16.4 Å². The predicted octanol–water partition coefficient (Wildman–Crippen LogP) is 2.62. The molecule has 1 saturated carbocycles. The summed E-state index contributed by atoms with van der Waals surface area (Å²) in [6.07, 6.45) is 6.30. The molecule has 1 aromatic carbocycles. The number of aliphatic imine (C=N–C) groups is 1. The molecule has 6 nitrogen and oxygen atoms in total. The predicted molar refractivity (Wildman–Crippen MR) is 114 cm³/mol. The second-order valence-electron chi connectivity index (χ2n) is 7.96. The summed E-state index contributed by atoms with van der Waals surface area (Å²) >= 11 is 0. The molecule has 1 fully saturated rings. The Morgan fingerprint density at radius 1 is 1.28 bits per heavy atom. The van der Waals surface area contributed by atoms with E-state index in [-0.39, 0.29) is 17.1 Å². The maximum absolute atomic E-state index is 13.1. The monoisotopic (exact) mass is 406 g/mol. The smallest absolute Gasteiger partial charge is 0.222 e. The maximum atomic E-state index is 13.1. The molecule has 1 aliphatic carbocycles. The van der Waals surface area contributed by atoms with Crippen molar-refractivity contribution in [2.24, 2.45) is 22.1 Å². The number of carbonyl (C=O) groups is 1. The van der Waals surface area contributed by atoms with E-state index in [1.165, 1.54) is 37.8 Å². The molecule has 7 heteroatoms. The molecule has 0 radical (unpaired) electrons. The molecule has 0 aromatic heterocycles. The molecule has 0 aliphatic heterocycles. The number of nitrogens with two attached hydrogens (primary N) is 1. The van der Waals surface area contributed by atoms with Crippen LogP contribution in [0.5, 0.6) is 0 Å². The number of primary amides is 1. The Morgan fingerprint density at radius 3 is 2.55 bits per heavy atom. The third-order valence-corrected chi connectivity index (χ3v) is 5.73. The van der Waals surface area contributed by atoms with Crippen LogP contribution in [0.2, 0.25) is 0 Å². The van der Waals surface area contributed by atoms with Crippen LogP contribution in [-0.2, 0) is 16.0 Å². The second kappa shape index (κ2) is 11.8. The van der Waals surface area contributed by atoms with Gasteiger partial charge in [0.15, 0.2) is 5.96 Å². The van der Waals surface area contributed by atoms with Gasteiger partial charge in [0.25, 0.3) is 0 Å². The summed E-state index contributed by atoms with van der Waals surface area (Å²) in [5.41, 5.74) is 6.68. The number of nitrogens with one attached hydrogen (secondary N) is 2. The van der Waals surface area contributed by atoms with Crippen molar-refractivity contribution < 1.29 is 13.9 Å². The number of nitrogens with zero attached hydrogens (tertiary/aromatic N) is 1. The first kappa shape index (κ1) is 23.1. The van der Waals surface area contributed by atoms with Crippen molar-refractivity contribution >= 4 is 11.9 Å². The summed E-state index contributed by atoms with van der Waals surface area (Å²) in [6, 6.07) is 6.16. The third kappa shape index (κ3) is 7.65. The Bertz CT molecular complexity index is 657. The first-order valence-electron chi connectivity index (χ1n) is 10.5. The first-order chi connectivity index (χ1) is 14.0. The van der Waals surface area contributed by atoms with Crippen LogP contribution in [0.1, 0.15) is 44.6 Å². The lowest BCUT2D eigenvalue weighted by molar-refractivity contribution is -0.121. The first-order valence-corrected chi connectivity index (χ1v) is 10.5. The van der Waals surface area contributed by atoms with E-state index in [2.05, 4.69) is 10.6 Å². The normalized spacial score (nSPS) is 17.1. The highest BCUT2D eigenvalue weighted by molar-refractivity contribution is 5.81. The molecule has 29 heavy (non-hydrogen) atoms. The van der Waals surface area contributed by atoms with E-state index in [1.54, 1.807) is 19.2 Å². The Kier molecular flexibility index (Phi) is 9.38. The molecule has 1 atom stereocenters. The van der Waals surface area contributed by atoms with Gasteiger partial charge in [-0.2, -0.15) is 0 Å². The third-order valence-electron chi connectivity index (χ3n) is 5.73. The lowest BCUT2D eigenvalue weighted by atomic mass is 9.83. The maximum Gasteiger partial charge on any atom is 0.222 e. The highest BCUT2D eigenvalue weighted by atomic mass is 19.1. The molecule has 1 aromatic rings. The number of guanidine groups is 1. The van der Waals surface area contributed by atoms with Crippen LogP contribution in [0.15, 0.2) is 29.3 Å². The number of carbonyl (C=O) groups excluding carboxylic acids is 1. The van der Waals surface area contributed by atoms with Crippen molar-refractivity contribution in [2.45, 2.75) is 45.4 Å². The number of rotatable bonds is 11. The van der Waals surface area contributed by atoms with E-state index >= 15 is 0 Å². The Labute approximate surface area is 173 Å². The number of methoxy groups -OCH3 is 1. The van der Waals surface area contributed by atoms with Gasteiger partial charge in [-0.1, -0.05) is 25.0 Å². The second-order valence-corrected chi connectivity index (χ2v) is 7.96. The number of hydrogen-bond donors (Lipinski definition) is 3. The summed E-state index contributed by atoms with van der Waals surface area (Å²) < 4.78 is 18.4. The largest absolute Gasteiger partial charge is 0.385 e. The fraction of sp³-hybridized carbons (Fsp3) is 0.636. The van der Waals surface area contributed by atoms with E-state index in [1.807, 2.05) is 6.92 Å². The molecule has 0 spiro atoms. The van der Waals surface area contributed by atoms with E-state index in [9.17, 15) is 9.18 Å². The fourth-order valence-electron chi connectivity index (χ4n) is 3.92. The molecule has 0 saturated heterocycles. The average molecular weight is 407 g/mol. The van der Waals surface area contributed by atoms with Crippen molar-refractivity contribution in [1.82, 2.24) is 10.6 Å². The standard InChI is InChI=1S/C22H35FN4O2/c1-3-25-21(27-16-22(12-13-29-2)10-4-5-11-22)26-15-18(20(24)28)14-17-6-8-19(23)9-7-17/h6-9,18H,3-5,10-16H2,1-2H3,(H2,24,28)(H2,25,26,27). The van der Waals surface area contributed by atoms with Crippen LogP contribution in [0.25, 0.3) is 0 Å². The number of ether oxygens (including phenoxy) is 1. The molecule has 1 unspecified atom stereocenters. The van der Waals surface area contributed by atoms with Crippen molar-refractivity contribution in [3.63, 3.8) is 0 Å². The van der Waals surface area contributed by atoms with Crippen molar-refractivity contribution in [1.29, 1.82) is 0 Å². The summed E-state index contributed by atoms with van der Waals surface area (Å²) in [6.45, 7) is 4.61. The molecule has 2 rings (SSSR count). The molecule has 1 amide bonds. The number of benzene rings is 1. The summed E-state index contributed by atoms with van der Waals surface area (Å²) in [5, 5.41) is 6.52. The fourth-order valence-corrected chi connectivity index (χ4v) is 3.92. The minimum atomic E-state index is -0.404. The van der Waals surface area contributed by atoms with Gasteiger partial charge in [-0.3, -0.25) is 9.79 Å². The number of hydrogen-bond acceptors (Lipinski definition) is 3. The Hall–Kier alpha value is -2.15. The van der Waals surface area contributed by atoms with Gasteiger partial charge in [-0.05, 0) is 55.7 Å². The summed E-state index contributed by atoms with van der Waals surface area (Å²) in [7, 11) is 1.74. The molecule has 0 bridgehead atoms. The average Bonchev–Trinajstić information content (AvgIpc) is 3.18. The number of halogens is 1. The quantitative estimate of drug-likeness (QED) is 0.389. The Morgan fingerprint density at radius 2 is 1.97 bits per heavy atom. The molecule has 162 valence electrons. The van der Waals surface area contributed by atoms with Crippen molar-refractivity contribution in [3.8, 4) is 0 Å². The zero-order chi connectivity index (χ0) is 21.1. The topological polar surface area (TPSA) is 88.7 Å². The molecule has 1 aliphatic rings. The van der Waals surface area contributed by atoms with Gasteiger partial charge in [0.05, 0.1) is 5.92 Å². The highest BCUT2D eigenvalue weighted by Gasteiger charge is 2.33. The minimum absolute atomic E-state index is 0.204. The van der Waals surface area contributed by atoms with Crippen molar-refractivity contribution in [2.75, 3.05) is 33.4 Å². The summed E-state index contributed by atoms with van der Waals surface area (Å²) in [4.78, 5) is 16.7. The van der Waals surface area contributed by atoms with E-state index < -0.39 is 5.92 Å². The van der Waals surface area contributed by atoms with Crippen molar-refractivity contribution in [3.05, 3.63) is 35.6 Å². The summed E-state index contributed by atoms with van der Waals surface area (Å²) in [5.74, 6) is -0.386. The Balaban J connectivity index is 1.98. The van der Waals surface area contributed by atoms with Gasteiger partial charge < -0.3 is 21.1 Å². The molecular formula is C22H35FN4O2. The zero-order valence-corrected chi connectivity index (χ0v) is 17.7. The van der Waals surface area contributed by atoms with Crippen LogP contribution in [-0.4, -0.2) is 45.2 Å². The highest BCUT2D eigenvalue weighted by Crippen LogP contribution is 2.41. The van der Waals surface area contributed by atoms with Gasteiger partial charge in [-0.25, -0.2) is 4.39 Å². The van der Waals surface area contributed by atoms with Gasteiger partial charge in [0.2, 0.25) is 5.91 Å². The van der Waals surface area contributed by atoms with Gasteiger partial charge >= 0.3 is 0 Å². The lowest BCUT2D eigenvalue weighted by Gasteiger charge is -2.27. The molecule has 4 N–H and O–H groups in total. The SMILES string of the molecule is CCNC(=NCC1(CCOC)CCCC1)NCC(Cc1ccc(F)cc1)C(N)=O. The van der Waals surface area contributed by atoms with Gasteiger partial charge in [-0.15, -0.1) is 0 Å². The van der Waals surface area contributed by atoms with E-state index in [0.717, 1.165) is 31.7 Å². The van der Waals surface area contributed by atoms with E-state index in [0.29, 0.717) is 18.9 Å². The van der Waals surface area contributed by atoms with Crippen LogP contribution >= 0.6 is 0 Å². The van der Waals surface area contributed by atoms with Crippen LogP contribution in [0.4, 0.5) is 4.39 Å². The van der Waals surface area contributed by atoms with Gasteiger partial charge in [0.1, 0.15) is 5.82 Å². The van der Waals surface area contributed by atoms with Gasteiger partial charge in [0, 0.05) is 33.4 Å². The van der Waals surface area contributed by atoms with Crippen LogP contribution in [0, 0.1) is 17.2 Å². The lowest BCUT2D eigenvalue weighted by Crippen LogP contribution is -2.43. The number of amides is 1. The zero-order valence-electron chi connectivity index (χ0n) is 17.7. The molecular weight excluding hydrogens is 371 g/mol. The van der Waals surface area contributed by atoms with E-state index in [4.69, 9.17) is 15.5 Å².